The van der Waals surface area contributed by atoms with Crippen molar-refractivity contribution in [2.45, 2.75) is 26.5 Å². The van der Waals surface area contributed by atoms with Gasteiger partial charge in [-0.3, -0.25) is 10.1 Å². The van der Waals surface area contributed by atoms with Crippen molar-refractivity contribution in [1.29, 1.82) is 5.41 Å². The lowest BCUT2D eigenvalue weighted by molar-refractivity contribution is 0.119. The molecule has 0 spiro atoms. The molecule has 0 fully saturated rings. The Hall–Kier alpha value is -2.14. The van der Waals surface area contributed by atoms with E-state index >= 15 is 0 Å². The van der Waals surface area contributed by atoms with Crippen LogP contribution in [-0.2, 0) is 13.5 Å². The average molecular weight is 284 g/mol. The van der Waals surface area contributed by atoms with Gasteiger partial charge in [-0.15, -0.1) is 0 Å². The fourth-order valence-corrected chi connectivity index (χ4v) is 2.96. The van der Waals surface area contributed by atoms with Crippen LogP contribution < -0.4 is 4.90 Å². The van der Waals surface area contributed by atoms with Gasteiger partial charge in [0.25, 0.3) is 0 Å². The van der Waals surface area contributed by atoms with Gasteiger partial charge < -0.3 is 10.0 Å². The quantitative estimate of drug-likeness (QED) is 0.624. The topological polar surface area (TPSA) is 65.1 Å². The van der Waals surface area contributed by atoms with E-state index in [4.69, 9.17) is 5.41 Å². The number of hydrogen-bond acceptors (Lipinski definition) is 3. The Balaban J connectivity index is 2.06. The standard InChI is InChI=1S/C16H20N4O/c1-10-6-13-7-12(14-8-18-19(3)9-14)4-5-15(13)20(11(2)17)16(10)21/h4-5,7-10,16-17,21H,6H2,1-3H3/t10?,16-/m0/s1. The monoisotopic (exact) mass is 284 g/mol. The highest BCUT2D eigenvalue weighted by molar-refractivity contribution is 5.95. The number of hydrogen-bond donors (Lipinski definition) is 2. The summed E-state index contributed by atoms with van der Waals surface area (Å²) < 4.78 is 1.79. The number of amidine groups is 1. The zero-order valence-corrected chi connectivity index (χ0v) is 12.5. The molecule has 110 valence electrons. The maximum absolute atomic E-state index is 10.3. The predicted octanol–water partition coefficient (Wildman–Crippen LogP) is 2.40. The van der Waals surface area contributed by atoms with E-state index < -0.39 is 6.23 Å². The molecule has 1 unspecified atom stereocenters. The molecule has 0 aliphatic carbocycles. The maximum atomic E-state index is 10.3. The van der Waals surface area contributed by atoms with Crippen molar-refractivity contribution in [1.82, 2.24) is 9.78 Å². The molecule has 2 heterocycles. The molecule has 0 amide bonds. The maximum Gasteiger partial charge on any atom is 0.135 e. The van der Waals surface area contributed by atoms with E-state index in [9.17, 15) is 5.11 Å². The van der Waals surface area contributed by atoms with Crippen LogP contribution in [0.4, 0.5) is 5.69 Å². The Morgan fingerprint density at radius 1 is 1.38 bits per heavy atom. The van der Waals surface area contributed by atoms with Gasteiger partial charge in [-0.1, -0.05) is 13.0 Å². The minimum atomic E-state index is -0.626. The minimum absolute atomic E-state index is 0.0990. The summed E-state index contributed by atoms with van der Waals surface area (Å²) in [7, 11) is 1.90. The average Bonchev–Trinajstić information content (AvgIpc) is 2.86. The Labute approximate surface area is 124 Å². The van der Waals surface area contributed by atoms with Gasteiger partial charge in [0.05, 0.1) is 12.0 Å². The number of benzene rings is 1. The highest BCUT2D eigenvalue weighted by Crippen LogP contribution is 2.35. The van der Waals surface area contributed by atoms with E-state index in [2.05, 4.69) is 11.2 Å². The zero-order chi connectivity index (χ0) is 15.1. The van der Waals surface area contributed by atoms with Crippen LogP contribution >= 0.6 is 0 Å². The number of nitrogens with one attached hydrogen (secondary N) is 1. The number of nitrogens with zero attached hydrogens (tertiary/aromatic N) is 3. The summed E-state index contributed by atoms with van der Waals surface area (Å²) in [5.41, 5.74) is 4.30. The lowest BCUT2D eigenvalue weighted by Gasteiger charge is -2.39. The SMILES string of the molecule is CC(=N)N1c2ccc(-c3cnn(C)c3)cc2CC(C)[C@@H]1O. The van der Waals surface area contributed by atoms with E-state index in [1.54, 1.807) is 16.5 Å². The summed E-state index contributed by atoms with van der Waals surface area (Å²) in [6.45, 7) is 3.72. The van der Waals surface area contributed by atoms with Gasteiger partial charge >= 0.3 is 0 Å². The number of aromatic nitrogens is 2. The Kier molecular flexibility index (Phi) is 3.29. The van der Waals surface area contributed by atoms with Crippen LogP contribution in [0.15, 0.2) is 30.6 Å². The van der Waals surface area contributed by atoms with Crippen LogP contribution in [0, 0.1) is 11.3 Å². The second-order valence-electron chi connectivity index (χ2n) is 5.80. The summed E-state index contributed by atoms with van der Waals surface area (Å²) in [6, 6.07) is 6.16. The van der Waals surface area contributed by atoms with Gasteiger partial charge in [0.2, 0.25) is 0 Å². The molecule has 0 radical (unpaired) electrons. The summed E-state index contributed by atoms with van der Waals surface area (Å²) in [4.78, 5) is 1.70. The smallest absolute Gasteiger partial charge is 0.135 e. The third-order valence-corrected chi connectivity index (χ3v) is 4.05. The summed E-state index contributed by atoms with van der Waals surface area (Å²) in [5.74, 6) is 0.464. The molecule has 1 aromatic heterocycles. The molecule has 5 heteroatoms. The lowest BCUT2D eigenvalue weighted by Crippen LogP contribution is -2.46. The first kappa shape index (κ1) is 13.8. The zero-order valence-electron chi connectivity index (χ0n) is 12.5. The molecule has 0 saturated carbocycles. The number of rotatable bonds is 1. The molecule has 21 heavy (non-hydrogen) atoms. The van der Waals surface area contributed by atoms with Gasteiger partial charge in [-0.05, 0) is 36.6 Å². The first-order valence-corrected chi connectivity index (χ1v) is 7.12. The predicted molar refractivity (Wildman–Crippen MR) is 83.4 cm³/mol. The molecule has 2 atom stereocenters. The molecule has 2 N–H and O–H groups in total. The molecule has 1 aliphatic heterocycles. The van der Waals surface area contributed by atoms with Crippen LogP contribution in [0.1, 0.15) is 19.4 Å². The van der Waals surface area contributed by atoms with Crippen LogP contribution in [0.2, 0.25) is 0 Å². The van der Waals surface area contributed by atoms with Crippen LogP contribution in [-0.4, -0.2) is 27.0 Å². The molecule has 1 aromatic carbocycles. The summed E-state index contributed by atoms with van der Waals surface area (Å²) in [6.07, 6.45) is 4.03. The van der Waals surface area contributed by atoms with E-state index in [0.717, 1.165) is 23.2 Å². The summed E-state index contributed by atoms with van der Waals surface area (Å²) >= 11 is 0. The van der Waals surface area contributed by atoms with Crippen LogP contribution in [0.3, 0.4) is 0 Å². The van der Waals surface area contributed by atoms with E-state index in [1.807, 2.05) is 38.5 Å². The molecule has 0 bridgehead atoms. The molecule has 3 rings (SSSR count). The summed E-state index contributed by atoms with van der Waals surface area (Å²) in [5, 5.41) is 22.4. The Morgan fingerprint density at radius 2 is 2.14 bits per heavy atom. The van der Waals surface area contributed by atoms with Crippen molar-refractivity contribution >= 4 is 11.5 Å². The number of aliphatic hydroxyl groups is 1. The van der Waals surface area contributed by atoms with Crippen molar-refractivity contribution in [2.75, 3.05) is 4.90 Å². The van der Waals surface area contributed by atoms with Crippen molar-refractivity contribution in [3.63, 3.8) is 0 Å². The number of aliphatic hydroxyl groups excluding tert-OH is 1. The van der Waals surface area contributed by atoms with Gasteiger partial charge in [-0.25, -0.2) is 0 Å². The number of aryl methyl sites for hydroxylation is 1. The highest BCUT2D eigenvalue weighted by Gasteiger charge is 2.31. The van der Waals surface area contributed by atoms with Gasteiger partial charge in [0, 0.05) is 30.4 Å². The largest absolute Gasteiger partial charge is 0.373 e. The van der Waals surface area contributed by atoms with E-state index in [0.29, 0.717) is 5.84 Å². The van der Waals surface area contributed by atoms with E-state index in [-0.39, 0.29) is 5.92 Å². The van der Waals surface area contributed by atoms with Crippen LogP contribution in [0.25, 0.3) is 11.1 Å². The third kappa shape index (κ3) is 2.34. The second kappa shape index (κ2) is 5.00. The van der Waals surface area contributed by atoms with Crippen molar-refractivity contribution < 1.29 is 5.11 Å². The molecule has 1 aliphatic rings. The molecule has 2 aromatic rings. The fraction of sp³-hybridized carbons (Fsp3) is 0.375. The molecule has 5 nitrogen and oxygen atoms in total. The highest BCUT2D eigenvalue weighted by atomic mass is 16.3. The van der Waals surface area contributed by atoms with Gasteiger partial charge in [-0.2, -0.15) is 5.10 Å². The minimum Gasteiger partial charge on any atom is -0.373 e. The first-order chi connectivity index (χ1) is 9.97. The van der Waals surface area contributed by atoms with Gasteiger partial charge in [0.1, 0.15) is 6.23 Å². The molecule has 0 saturated heterocycles. The van der Waals surface area contributed by atoms with E-state index in [1.165, 1.54) is 5.56 Å². The first-order valence-electron chi connectivity index (χ1n) is 7.12. The number of fused-ring (bicyclic) bond motifs is 1. The Bertz CT molecular complexity index is 691. The van der Waals surface area contributed by atoms with Crippen molar-refractivity contribution in [2.24, 2.45) is 13.0 Å². The Morgan fingerprint density at radius 3 is 2.76 bits per heavy atom. The van der Waals surface area contributed by atoms with Gasteiger partial charge in [0.15, 0.2) is 0 Å². The van der Waals surface area contributed by atoms with Crippen molar-refractivity contribution in [3.8, 4) is 11.1 Å². The normalized spacial score (nSPS) is 21.2. The fourth-order valence-electron chi connectivity index (χ4n) is 2.96. The lowest BCUT2D eigenvalue weighted by atomic mass is 9.90. The second-order valence-corrected chi connectivity index (χ2v) is 5.80. The van der Waals surface area contributed by atoms with Crippen molar-refractivity contribution in [3.05, 3.63) is 36.2 Å². The molecular weight excluding hydrogens is 264 g/mol. The van der Waals surface area contributed by atoms with Crippen LogP contribution in [0.5, 0.6) is 0 Å². The number of anilines is 1. The molecular formula is C16H20N4O. The third-order valence-electron chi connectivity index (χ3n) is 4.05.